The van der Waals surface area contributed by atoms with Crippen LogP contribution in [-0.4, -0.2) is 30.9 Å². The van der Waals surface area contributed by atoms with E-state index in [9.17, 15) is 0 Å². The van der Waals surface area contributed by atoms with Gasteiger partial charge >= 0.3 is 0 Å². The van der Waals surface area contributed by atoms with Crippen molar-refractivity contribution in [1.29, 1.82) is 0 Å². The van der Waals surface area contributed by atoms with Crippen molar-refractivity contribution in [2.24, 2.45) is 5.16 Å². The second-order valence-corrected chi connectivity index (χ2v) is 1.87. The number of rotatable bonds is 6. The molecular formula is C7H15NO3. The highest BCUT2D eigenvalue weighted by atomic mass is 16.7. The zero-order valence-electron chi connectivity index (χ0n) is 6.99. The summed E-state index contributed by atoms with van der Waals surface area (Å²) in [4.78, 5) is 0. The molecule has 11 heavy (non-hydrogen) atoms. The maximum Gasteiger partial charge on any atom is 0.162 e. The van der Waals surface area contributed by atoms with E-state index >= 15 is 0 Å². The predicted octanol–water partition coefficient (Wildman–Crippen LogP) is 1.24. The first kappa shape index (κ1) is 10.4. The van der Waals surface area contributed by atoms with E-state index in [-0.39, 0.29) is 6.29 Å². The summed E-state index contributed by atoms with van der Waals surface area (Å²) in [6.07, 6.45) is 1.56. The molecule has 0 radical (unpaired) electrons. The van der Waals surface area contributed by atoms with Gasteiger partial charge in [-0.25, -0.2) is 0 Å². The molecule has 0 heterocycles. The molecule has 0 aliphatic carbocycles. The van der Waals surface area contributed by atoms with Crippen LogP contribution in [0.3, 0.4) is 0 Å². The molecule has 0 aromatic carbocycles. The SMILES string of the molecule is CCOC(CC=NO)OCC. The number of hydrogen-bond acceptors (Lipinski definition) is 4. The van der Waals surface area contributed by atoms with Crippen molar-refractivity contribution in [3.05, 3.63) is 0 Å². The van der Waals surface area contributed by atoms with Crippen LogP contribution in [0.15, 0.2) is 5.16 Å². The normalized spacial score (nSPS) is 11.5. The molecule has 0 unspecified atom stereocenters. The summed E-state index contributed by atoms with van der Waals surface area (Å²) in [5.74, 6) is 0. The second kappa shape index (κ2) is 7.50. The Bertz CT molecular complexity index is 99.9. The quantitative estimate of drug-likeness (QED) is 0.276. The molecular weight excluding hydrogens is 146 g/mol. The zero-order valence-corrected chi connectivity index (χ0v) is 6.99. The summed E-state index contributed by atoms with van der Waals surface area (Å²) in [5.41, 5.74) is 0. The first-order valence-corrected chi connectivity index (χ1v) is 3.74. The van der Waals surface area contributed by atoms with Crippen molar-refractivity contribution in [2.75, 3.05) is 13.2 Å². The van der Waals surface area contributed by atoms with Crippen molar-refractivity contribution in [2.45, 2.75) is 26.6 Å². The smallest absolute Gasteiger partial charge is 0.162 e. The first-order valence-electron chi connectivity index (χ1n) is 3.74. The molecule has 0 amide bonds. The lowest BCUT2D eigenvalue weighted by atomic mass is 10.4. The standard InChI is InChI=1S/C7H15NO3/c1-3-10-7(11-4-2)5-6-8-9/h6-7,9H,3-5H2,1-2H3. The molecule has 0 saturated carbocycles. The van der Waals surface area contributed by atoms with Gasteiger partial charge in [0.05, 0.1) is 0 Å². The fourth-order valence-electron chi connectivity index (χ4n) is 0.689. The number of oxime groups is 1. The van der Waals surface area contributed by atoms with Gasteiger partial charge in [-0.15, -0.1) is 5.16 Å². The van der Waals surface area contributed by atoms with Crippen molar-refractivity contribution in [3.8, 4) is 0 Å². The van der Waals surface area contributed by atoms with Gasteiger partial charge in [0.25, 0.3) is 0 Å². The molecule has 0 aliphatic rings. The third-order valence-corrected chi connectivity index (χ3v) is 1.08. The summed E-state index contributed by atoms with van der Waals surface area (Å²) >= 11 is 0. The van der Waals surface area contributed by atoms with E-state index < -0.39 is 0 Å². The van der Waals surface area contributed by atoms with Gasteiger partial charge in [0.15, 0.2) is 6.29 Å². The van der Waals surface area contributed by atoms with Crippen molar-refractivity contribution < 1.29 is 14.7 Å². The van der Waals surface area contributed by atoms with Gasteiger partial charge in [-0.3, -0.25) is 0 Å². The van der Waals surface area contributed by atoms with Gasteiger partial charge in [0.1, 0.15) is 0 Å². The van der Waals surface area contributed by atoms with Gasteiger partial charge in [-0.1, -0.05) is 0 Å². The topological polar surface area (TPSA) is 51.0 Å². The summed E-state index contributed by atoms with van der Waals surface area (Å²) in [6, 6.07) is 0. The second-order valence-electron chi connectivity index (χ2n) is 1.87. The highest BCUT2D eigenvalue weighted by Gasteiger charge is 2.04. The first-order chi connectivity index (χ1) is 5.35. The molecule has 0 fully saturated rings. The lowest BCUT2D eigenvalue weighted by molar-refractivity contribution is -0.130. The monoisotopic (exact) mass is 161 g/mol. The lowest BCUT2D eigenvalue weighted by Gasteiger charge is -2.13. The summed E-state index contributed by atoms with van der Waals surface area (Å²) in [7, 11) is 0. The van der Waals surface area contributed by atoms with E-state index in [1.54, 1.807) is 0 Å². The molecule has 0 saturated heterocycles. The Morgan fingerprint density at radius 1 is 1.36 bits per heavy atom. The van der Waals surface area contributed by atoms with Gasteiger partial charge in [0, 0.05) is 25.8 Å². The lowest BCUT2D eigenvalue weighted by Crippen LogP contribution is -2.17. The molecule has 4 nitrogen and oxygen atoms in total. The molecule has 66 valence electrons. The Morgan fingerprint density at radius 3 is 2.27 bits per heavy atom. The number of nitrogens with zero attached hydrogens (tertiary/aromatic N) is 1. The van der Waals surface area contributed by atoms with Crippen LogP contribution in [0.4, 0.5) is 0 Å². The summed E-state index contributed by atoms with van der Waals surface area (Å²) in [5, 5.41) is 11.0. The average Bonchev–Trinajstić information content (AvgIpc) is 2.01. The molecule has 0 aromatic heterocycles. The van der Waals surface area contributed by atoms with Gasteiger partial charge in [0.2, 0.25) is 0 Å². The van der Waals surface area contributed by atoms with Crippen LogP contribution in [0.5, 0.6) is 0 Å². The predicted molar refractivity (Wildman–Crippen MR) is 41.9 cm³/mol. The van der Waals surface area contributed by atoms with Crippen LogP contribution < -0.4 is 0 Å². The van der Waals surface area contributed by atoms with Crippen molar-refractivity contribution in [3.63, 3.8) is 0 Å². The van der Waals surface area contributed by atoms with Gasteiger partial charge in [-0.2, -0.15) is 0 Å². The Balaban J connectivity index is 3.50. The van der Waals surface area contributed by atoms with Crippen LogP contribution in [0.25, 0.3) is 0 Å². The van der Waals surface area contributed by atoms with E-state index in [0.717, 1.165) is 0 Å². The maximum atomic E-state index is 8.11. The van der Waals surface area contributed by atoms with Crippen LogP contribution in [0.2, 0.25) is 0 Å². The molecule has 0 aliphatic heterocycles. The third kappa shape index (κ3) is 5.82. The summed E-state index contributed by atoms with van der Waals surface area (Å²) < 4.78 is 10.3. The summed E-state index contributed by atoms with van der Waals surface area (Å²) in [6.45, 7) is 4.98. The Hall–Kier alpha value is -0.610. The molecule has 1 N–H and O–H groups in total. The molecule has 4 heteroatoms. The molecule has 0 spiro atoms. The Morgan fingerprint density at radius 2 is 1.91 bits per heavy atom. The maximum absolute atomic E-state index is 8.11. The minimum Gasteiger partial charge on any atom is -0.411 e. The van der Waals surface area contributed by atoms with Gasteiger partial charge in [-0.05, 0) is 13.8 Å². The van der Waals surface area contributed by atoms with E-state index in [0.29, 0.717) is 19.6 Å². The van der Waals surface area contributed by atoms with Crippen LogP contribution in [0, 0.1) is 0 Å². The Kier molecular flexibility index (Phi) is 7.08. The molecule has 0 rings (SSSR count). The molecule has 0 aromatic rings. The zero-order chi connectivity index (χ0) is 8.53. The highest BCUT2D eigenvalue weighted by molar-refractivity contribution is 5.56. The largest absolute Gasteiger partial charge is 0.411 e. The van der Waals surface area contributed by atoms with Gasteiger partial charge < -0.3 is 14.7 Å². The van der Waals surface area contributed by atoms with Crippen molar-refractivity contribution >= 4 is 6.21 Å². The molecule has 0 bridgehead atoms. The fourth-order valence-corrected chi connectivity index (χ4v) is 0.689. The fraction of sp³-hybridized carbons (Fsp3) is 0.857. The third-order valence-electron chi connectivity index (χ3n) is 1.08. The van der Waals surface area contributed by atoms with E-state index in [4.69, 9.17) is 14.7 Å². The highest BCUT2D eigenvalue weighted by Crippen LogP contribution is 1.98. The van der Waals surface area contributed by atoms with E-state index in [1.165, 1.54) is 6.21 Å². The van der Waals surface area contributed by atoms with Crippen LogP contribution in [-0.2, 0) is 9.47 Å². The minimum atomic E-state index is -0.277. The van der Waals surface area contributed by atoms with Crippen LogP contribution >= 0.6 is 0 Å². The van der Waals surface area contributed by atoms with E-state index in [1.807, 2.05) is 13.8 Å². The Labute approximate surface area is 66.8 Å². The van der Waals surface area contributed by atoms with Crippen molar-refractivity contribution in [1.82, 2.24) is 0 Å². The minimum absolute atomic E-state index is 0.277. The average molecular weight is 161 g/mol. The van der Waals surface area contributed by atoms with E-state index in [2.05, 4.69) is 5.16 Å². The molecule has 0 atom stereocenters. The van der Waals surface area contributed by atoms with Crippen LogP contribution in [0.1, 0.15) is 20.3 Å². The number of ether oxygens (including phenoxy) is 2. The number of hydrogen-bond donors (Lipinski definition) is 1.